The van der Waals surface area contributed by atoms with Crippen molar-refractivity contribution < 1.29 is 14.3 Å². The molecule has 6 heteroatoms. The van der Waals surface area contributed by atoms with Crippen molar-refractivity contribution in [3.05, 3.63) is 41.4 Å². The predicted octanol–water partition coefficient (Wildman–Crippen LogP) is 0.998. The number of ether oxygens (including phenoxy) is 1. The number of methoxy groups -OCH3 is 1. The van der Waals surface area contributed by atoms with Crippen LogP contribution >= 0.6 is 0 Å². The van der Waals surface area contributed by atoms with Gasteiger partial charge in [0.05, 0.1) is 12.7 Å². The second-order valence-electron chi connectivity index (χ2n) is 3.84. The normalized spacial score (nSPS) is 10.0. The lowest BCUT2D eigenvalue weighted by Crippen LogP contribution is -2.13. The molecule has 0 N–H and O–H groups in total. The van der Waals surface area contributed by atoms with E-state index < -0.39 is 11.8 Å². The molecule has 0 radical (unpaired) electrons. The van der Waals surface area contributed by atoms with E-state index in [0.29, 0.717) is 0 Å². The topological polar surface area (TPSA) is 83.3 Å². The summed E-state index contributed by atoms with van der Waals surface area (Å²) in [5.41, 5.74) is 0.00756. The van der Waals surface area contributed by atoms with Gasteiger partial charge >= 0.3 is 5.97 Å². The number of carbonyl (C=O) groups is 2. The highest BCUT2D eigenvalue weighted by Crippen LogP contribution is 2.11. The van der Waals surface area contributed by atoms with Crippen molar-refractivity contribution in [2.45, 2.75) is 0 Å². The fourth-order valence-electron chi connectivity index (χ4n) is 1.28. The van der Waals surface area contributed by atoms with E-state index in [1.54, 1.807) is 19.0 Å². The lowest BCUT2D eigenvalue weighted by atomic mass is 10.1. The van der Waals surface area contributed by atoms with Crippen molar-refractivity contribution >= 4 is 11.8 Å². The minimum atomic E-state index is -0.668. The molecule has 0 fully saturated rings. The Morgan fingerprint density at radius 2 is 2.11 bits per heavy atom. The van der Waals surface area contributed by atoms with Crippen molar-refractivity contribution in [2.24, 2.45) is 0 Å². The van der Waals surface area contributed by atoms with Crippen molar-refractivity contribution in [2.75, 3.05) is 21.2 Å². The van der Waals surface area contributed by atoms with Gasteiger partial charge in [0.15, 0.2) is 0 Å². The average Bonchev–Trinajstić information content (AvgIpc) is 2.43. The van der Waals surface area contributed by atoms with Gasteiger partial charge in [-0.1, -0.05) is 0 Å². The zero-order valence-electron chi connectivity index (χ0n) is 10.9. The number of pyridine rings is 1. The van der Waals surface area contributed by atoms with Gasteiger partial charge in [0, 0.05) is 26.4 Å². The minimum Gasteiger partial charge on any atom is -0.465 e. The summed E-state index contributed by atoms with van der Waals surface area (Å²) >= 11 is 0. The summed E-state index contributed by atoms with van der Waals surface area (Å²) in [5.74, 6) is -1.13. The Morgan fingerprint density at radius 3 is 2.63 bits per heavy atom. The zero-order chi connectivity index (χ0) is 14.4. The van der Waals surface area contributed by atoms with Gasteiger partial charge in [-0.3, -0.25) is 4.79 Å². The summed E-state index contributed by atoms with van der Waals surface area (Å²) in [4.78, 5) is 29.0. The number of nitriles is 1. The Morgan fingerprint density at radius 1 is 1.42 bits per heavy atom. The Balaban J connectivity index is 3.26. The summed E-state index contributed by atoms with van der Waals surface area (Å²) in [6.45, 7) is 0. The van der Waals surface area contributed by atoms with Crippen LogP contribution < -0.4 is 0 Å². The van der Waals surface area contributed by atoms with Crippen molar-refractivity contribution in [3.63, 3.8) is 0 Å². The van der Waals surface area contributed by atoms with Crippen LogP contribution in [0.4, 0.5) is 0 Å². The van der Waals surface area contributed by atoms with Crippen molar-refractivity contribution in [3.8, 4) is 6.07 Å². The molecule has 0 aliphatic heterocycles. The van der Waals surface area contributed by atoms with E-state index in [-0.39, 0.29) is 17.0 Å². The number of hydrogen-bond acceptors (Lipinski definition) is 6. The third-order valence-corrected chi connectivity index (χ3v) is 2.17. The molecule has 0 amide bonds. The summed E-state index contributed by atoms with van der Waals surface area (Å²) in [6.07, 6.45) is 2.81. The first kappa shape index (κ1) is 14.4. The maximum absolute atomic E-state index is 12.0. The van der Waals surface area contributed by atoms with Crippen LogP contribution in [0.25, 0.3) is 0 Å². The number of esters is 1. The number of ketones is 1. The first-order chi connectivity index (χ1) is 8.99. The molecule has 1 aromatic heterocycles. The molecule has 19 heavy (non-hydrogen) atoms. The first-order valence-corrected chi connectivity index (χ1v) is 5.38. The maximum Gasteiger partial charge on any atom is 0.340 e. The molecule has 0 spiro atoms. The number of nitrogens with zero attached hydrogens (tertiary/aromatic N) is 3. The van der Waals surface area contributed by atoms with E-state index in [9.17, 15) is 9.59 Å². The molecular formula is C13H13N3O3. The van der Waals surface area contributed by atoms with Crippen LogP contribution in [0.15, 0.2) is 24.4 Å². The molecule has 0 aliphatic carbocycles. The van der Waals surface area contributed by atoms with Crippen LogP contribution in [0.5, 0.6) is 0 Å². The van der Waals surface area contributed by atoms with E-state index in [4.69, 9.17) is 5.26 Å². The summed E-state index contributed by atoms with van der Waals surface area (Å²) < 4.78 is 4.58. The Kier molecular flexibility index (Phi) is 4.77. The molecule has 98 valence electrons. The lowest BCUT2D eigenvalue weighted by molar-refractivity contribution is 0.0597. The second kappa shape index (κ2) is 6.31. The fraction of sp³-hybridized carbons (Fsp3) is 0.231. The van der Waals surface area contributed by atoms with Crippen LogP contribution in [0, 0.1) is 11.3 Å². The molecule has 0 saturated carbocycles. The molecule has 1 rings (SSSR count). The van der Waals surface area contributed by atoms with Gasteiger partial charge < -0.3 is 9.64 Å². The van der Waals surface area contributed by atoms with Crippen LogP contribution in [-0.4, -0.2) is 42.8 Å². The van der Waals surface area contributed by atoms with Crippen LogP contribution in [-0.2, 0) is 4.74 Å². The molecule has 1 aromatic rings. The smallest absolute Gasteiger partial charge is 0.340 e. The highest BCUT2D eigenvalue weighted by atomic mass is 16.5. The van der Waals surface area contributed by atoms with E-state index in [1.165, 1.54) is 31.5 Å². The lowest BCUT2D eigenvalue weighted by Gasteiger charge is -2.06. The number of rotatable bonds is 4. The van der Waals surface area contributed by atoms with Gasteiger partial charge in [0.25, 0.3) is 0 Å². The van der Waals surface area contributed by atoms with Crippen molar-refractivity contribution in [1.29, 1.82) is 5.26 Å². The van der Waals surface area contributed by atoms with E-state index in [2.05, 4.69) is 9.72 Å². The molecule has 1 heterocycles. The average molecular weight is 259 g/mol. The molecule has 0 aliphatic rings. The standard InChI is InChI=1S/C13H13N3O3/c1-16(2)7-6-11(17)12-10(13(18)19-3)5-4-9(8-14)15-12/h4-7H,1-3H3/b7-6+. The van der Waals surface area contributed by atoms with E-state index in [1.807, 2.05) is 6.07 Å². The zero-order valence-corrected chi connectivity index (χ0v) is 10.9. The van der Waals surface area contributed by atoms with Gasteiger partial charge in [0.2, 0.25) is 5.78 Å². The van der Waals surface area contributed by atoms with Gasteiger partial charge in [-0.15, -0.1) is 0 Å². The molecule has 6 nitrogen and oxygen atoms in total. The van der Waals surface area contributed by atoms with E-state index >= 15 is 0 Å². The second-order valence-corrected chi connectivity index (χ2v) is 3.84. The molecule has 0 unspecified atom stereocenters. The number of carbonyl (C=O) groups excluding carboxylic acids is 2. The minimum absolute atomic E-state index is 0.0370. The van der Waals surface area contributed by atoms with Gasteiger partial charge in [-0.2, -0.15) is 5.26 Å². The first-order valence-electron chi connectivity index (χ1n) is 5.38. The number of hydrogen-bond donors (Lipinski definition) is 0. The summed E-state index contributed by atoms with van der Waals surface area (Å²) in [6, 6.07) is 4.54. The van der Waals surface area contributed by atoms with Gasteiger partial charge in [-0.25, -0.2) is 9.78 Å². The van der Waals surface area contributed by atoms with Crippen molar-refractivity contribution in [1.82, 2.24) is 9.88 Å². The largest absolute Gasteiger partial charge is 0.465 e. The van der Waals surface area contributed by atoms with Gasteiger partial charge in [-0.05, 0) is 12.1 Å². The van der Waals surface area contributed by atoms with E-state index in [0.717, 1.165) is 0 Å². The van der Waals surface area contributed by atoms with Crippen LogP contribution in [0.1, 0.15) is 26.5 Å². The van der Waals surface area contributed by atoms with Crippen LogP contribution in [0.2, 0.25) is 0 Å². The summed E-state index contributed by atoms with van der Waals surface area (Å²) in [7, 11) is 4.72. The van der Waals surface area contributed by atoms with Crippen LogP contribution in [0.3, 0.4) is 0 Å². The third-order valence-electron chi connectivity index (χ3n) is 2.17. The summed E-state index contributed by atoms with van der Waals surface area (Å²) in [5, 5.41) is 8.78. The third kappa shape index (κ3) is 3.64. The highest BCUT2D eigenvalue weighted by molar-refractivity contribution is 6.10. The molecule has 0 atom stereocenters. The number of aromatic nitrogens is 1. The molecule has 0 saturated heterocycles. The molecule has 0 aromatic carbocycles. The Bertz CT molecular complexity index is 571. The maximum atomic E-state index is 12.0. The monoisotopic (exact) mass is 259 g/mol. The quantitative estimate of drug-likeness (QED) is 0.455. The Hall–Kier alpha value is -2.68. The van der Waals surface area contributed by atoms with Gasteiger partial charge in [0.1, 0.15) is 17.5 Å². The predicted molar refractivity (Wildman–Crippen MR) is 67.4 cm³/mol. The molecule has 0 bridgehead atoms. The fourth-order valence-corrected chi connectivity index (χ4v) is 1.28. The Labute approximate surface area is 110 Å². The SMILES string of the molecule is COC(=O)c1ccc(C#N)nc1C(=O)/C=C/N(C)C. The highest BCUT2D eigenvalue weighted by Gasteiger charge is 2.18. The molecular weight excluding hydrogens is 246 g/mol. The number of allylic oxidation sites excluding steroid dienone is 1.